The van der Waals surface area contributed by atoms with Gasteiger partial charge in [0.2, 0.25) is 5.91 Å². The van der Waals surface area contributed by atoms with E-state index in [0.29, 0.717) is 18.6 Å². The SMILES string of the molecule is CCC(Cc1ccccc1)NC1CCN(CC(N)=O)CC1. The summed E-state index contributed by atoms with van der Waals surface area (Å²) in [4.78, 5) is 13.1. The van der Waals surface area contributed by atoms with E-state index in [2.05, 4.69) is 47.5 Å². The number of hydrogen-bond donors (Lipinski definition) is 2. The van der Waals surface area contributed by atoms with Gasteiger partial charge in [-0.1, -0.05) is 37.3 Å². The lowest BCUT2D eigenvalue weighted by Gasteiger charge is -2.34. The van der Waals surface area contributed by atoms with Crippen LogP contribution in [0.25, 0.3) is 0 Å². The molecule has 1 aromatic rings. The minimum absolute atomic E-state index is 0.225. The highest BCUT2D eigenvalue weighted by molar-refractivity contribution is 5.75. The maximum absolute atomic E-state index is 10.9. The molecule has 4 nitrogen and oxygen atoms in total. The van der Waals surface area contributed by atoms with Crippen molar-refractivity contribution in [2.75, 3.05) is 19.6 Å². The van der Waals surface area contributed by atoms with Gasteiger partial charge in [0.05, 0.1) is 6.54 Å². The van der Waals surface area contributed by atoms with Gasteiger partial charge in [0, 0.05) is 25.2 Å². The van der Waals surface area contributed by atoms with E-state index in [1.165, 1.54) is 5.56 Å². The number of benzene rings is 1. The standard InChI is InChI=1S/C17H27N3O/c1-2-15(12-14-6-4-3-5-7-14)19-16-8-10-20(11-9-16)13-17(18)21/h3-7,15-16,19H,2,8-13H2,1H3,(H2,18,21). The number of hydrogen-bond acceptors (Lipinski definition) is 3. The molecule has 1 atom stereocenters. The fraction of sp³-hybridized carbons (Fsp3) is 0.588. The molecule has 0 spiro atoms. The smallest absolute Gasteiger partial charge is 0.231 e. The van der Waals surface area contributed by atoms with E-state index < -0.39 is 0 Å². The van der Waals surface area contributed by atoms with Crippen LogP contribution >= 0.6 is 0 Å². The fourth-order valence-corrected chi connectivity index (χ4v) is 3.03. The molecule has 1 saturated heterocycles. The Morgan fingerprint density at radius 2 is 2.00 bits per heavy atom. The van der Waals surface area contributed by atoms with Crippen LogP contribution in [0.5, 0.6) is 0 Å². The van der Waals surface area contributed by atoms with Crippen molar-refractivity contribution in [3.05, 3.63) is 35.9 Å². The number of amides is 1. The first kappa shape index (κ1) is 16.0. The van der Waals surface area contributed by atoms with Crippen LogP contribution in [0.15, 0.2) is 30.3 Å². The minimum Gasteiger partial charge on any atom is -0.369 e. The van der Waals surface area contributed by atoms with Gasteiger partial charge in [0.1, 0.15) is 0 Å². The lowest BCUT2D eigenvalue weighted by Crippen LogP contribution is -2.48. The molecule has 1 fully saturated rings. The molecule has 21 heavy (non-hydrogen) atoms. The predicted octanol–water partition coefficient (Wildman–Crippen LogP) is 1.55. The molecule has 4 heteroatoms. The topological polar surface area (TPSA) is 58.4 Å². The van der Waals surface area contributed by atoms with Gasteiger partial charge < -0.3 is 11.1 Å². The lowest BCUT2D eigenvalue weighted by atomic mass is 9.99. The Kier molecular flexibility index (Phi) is 6.21. The normalized spacial score (nSPS) is 18.5. The van der Waals surface area contributed by atoms with Crippen molar-refractivity contribution in [3.8, 4) is 0 Å². The molecule has 0 bridgehead atoms. The number of piperidine rings is 1. The fourth-order valence-electron chi connectivity index (χ4n) is 3.03. The van der Waals surface area contributed by atoms with E-state index in [1.54, 1.807) is 0 Å². The van der Waals surface area contributed by atoms with Crippen LogP contribution in [-0.2, 0) is 11.2 Å². The molecule has 1 aliphatic heterocycles. The summed E-state index contributed by atoms with van der Waals surface area (Å²) >= 11 is 0. The number of carbonyl (C=O) groups is 1. The Morgan fingerprint density at radius 1 is 1.33 bits per heavy atom. The molecular formula is C17H27N3O. The molecule has 1 aromatic carbocycles. The van der Waals surface area contributed by atoms with Crippen molar-refractivity contribution in [1.29, 1.82) is 0 Å². The number of likely N-dealkylation sites (tertiary alicyclic amines) is 1. The van der Waals surface area contributed by atoms with E-state index >= 15 is 0 Å². The van der Waals surface area contributed by atoms with Crippen molar-refractivity contribution >= 4 is 5.91 Å². The number of nitrogens with zero attached hydrogens (tertiary/aromatic N) is 1. The third-order valence-corrected chi connectivity index (χ3v) is 4.26. The van der Waals surface area contributed by atoms with Crippen LogP contribution in [0.3, 0.4) is 0 Å². The molecule has 116 valence electrons. The first-order chi connectivity index (χ1) is 10.2. The summed E-state index contributed by atoms with van der Waals surface area (Å²) in [6.45, 7) is 4.56. The monoisotopic (exact) mass is 289 g/mol. The summed E-state index contributed by atoms with van der Waals surface area (Å²) in [5.41, 5.74) is 6.64. The molecule has 1 heterocycles. The molecule has 0 saturated carbocycles. The highest BCUT2D eigenvalue weighted by Gasteiger charge is 2.21. The maximum atomic E-state index is 10.9. The van der Waals surface area contributed by atoms with Crippen molar-refractivity contribution < 1.29 is 4.79 Å². The van der Waals surface area contributed by atoms with Crippen LogP contribution < -0.4 is 11.1 Å². The molecule has 1 aliphatic rings. The highest BCUT2D eigenvalue weighted by Crippen LogP contribution is 2.13. The summed E-state index contributed by atoms with van der Waals surface area (Å²) in [5, 5.41) is 3.79. The first-order valence-electron chi connectivity index (χ1n) is 7.98. The zero-order chi connectivity index (χ0) is 15.1. The molecule has 1 unspecified atom stereocenters. The van der Waals surface area contributed by atoms with E-state index in [-0.39, 0.29) is 5.91 Å². The Morgan fingerprint density at radius 3 is 2.57 bits per heavy atom. The third kappa shape index (κ3) is 5.48. The molecule has 2 rings (SSSR count). The van der Waals surface area contributed by atoms with Crippen molar-refractivity contribution in [3.63, 3.8) is 0 Å². The van der Waals surface area contributed by atoms with Crippen molar-refractivity contribution in [2.45, 2.75) is 44.7 Å². The van der Waals surface area contributed by atoms with Gasteiger partial charge in [0.15, 0.2) is 0 Å². The van der Waals surface area contributed by atoms with E-state index in [0.717, 1.165) is 38.8 Å². The van der Waals surface area contributed by atoms with Crippen LogP contribution in [-0.4, -0.2) is 42.5 Å². The van der Waals surface area contributed by atoms with Crippen LogP contribution in [0.1, 0.15) is 31.7 Å². The Labute approximate surface area is 127 Å². The van der Waals surface area contributed by atoms with Crippen LogP contribution in [0, 0.1) is 0 Å². The summed E-state index contributed by atoms with van der Waals surface area (Å²) in [7, 11) is 0. The zero-order valence-corrected chi connectivity index (χ0v) is 12.9. The summed E-state index contributed by atoms with van der Waals surface area (Å²) < 4.78 is 0. The zero-order valence-electron chi connectivity index (χ0n) is 12.9. The van der Waals surface area contributed by atoms with Gasteiger partial charge in [-0.25, -0.2) is 0 Å². The second kappa shape index (κ2) is 8.15. The van der Waals surface area contributed by atoms with E-state index in [4.69, 9.17) is 5.73 Å². The van der Waals surface area contributed by atoms with Crippen molar-refractivity contribution in [1.82, 2.24) is 10.2 Å². The molecule has 0 aliphatic carbocycles. The molecule has 1 amide bonds. The molecule has 0 radical (unpaired) electrons. The number of nitrogens with two attached hydrogens (primary N) is 1. The number of rotatable bonds is 7. The number of primary amides is 1. The summed E-state index contributed by atoms with van der Waals surface area (Å²) in [5.74, 6) is -0.225. The quantitative estimate of drug-likeness (QED) is 0.800. The van der Waals surface area contributed by atoms with Crippen LogP contribution in [0.4, 0.5) is 0 Å². The molecule has 0 aromatic heterocycles. The number of carbonyl (C=O) groups excluding carboxylic acids is 1. The van der Waals surface area contributed by atoms with Crippen molar-refractivity contribution in [2.24, 2.45) is 5.73 Å². The first-order valence-corrected chi connectivity index (χ1v) is 7.98. The maximum Gasteiger partial charge on any atom is 0.231 e. The van der Waals surface area contributed by atoms with Gasteiger partial charge in [0.25, 0.3) is 0 Å². The van der Waals surface area contributed by atoms with E-state index in [9.17, 15) is 4.79 Å². The second-order valence-corrected chi connectivity index (χ2v) is 5.98. The highest BCUT2D eigenvalue weighted by atomic mass is 16.1. The Hall–Kier alpha value is -1.39. The lowest BCUT2D eigenvalue weighted by molar-refractivity contribution is -0.119. The van der Waals surface area contributed by atoms with E-state index in [1.807, 2.05) is 0 Å². The number of nitrogens with one attached hydrogen (secondary N) is 1. The van der Waals surface area contributed by atoms with Gasteiger partial charge >= 0.3 is 0 Å². The van der Waals surface area contributed by atoms with Gasteiger partial charge in [-0.15, -0.1) is 0 Å². The minimum atomic E-state index is -0.225. The Bertz CT molecular complexity index is 427. The average Bonchev–Trinajstić information content (AvgIpc) is 2.49. The predicted molar refractivity (Wildman–Crippen MR) is 86.0 cm³/mol. The van der Waals surface area contributed by atoms with Crippen LogP contribution in [0.2, 0.25) is 0 Å². The van der Waals surface area contributed by atoms with Gasteiger partial charge in [-0.05, 0) is 31.2 Å². The molecular weight excluding hydrogens is 262 g/mol. The largest absolute Gasteiger partial charge is 0.369 e. The van der Waals surface area contributed by atoms with Gasteiger partial charge in [-0.3, -0.25) is 9.69 Å². The molecule has 3 N–H and O–H groups in total. The summed E-state index contributed by atoms with van der Waals surface area (Å²) in [6, 6.07) is 11.7. The summed E-state index contributed by atoms with van der Waals surface area (Å²) in [6.07, 6.45) is 4.41. The van der Waals surface area contributed by atoms with Gasteiger partial charge in [-0.2, -0.15) is 0 Å². The average molecular weight is 289 g/mol. The third-order valence-electron chi connectivity index (χ3n) is 4.26. The Balaban J connectivity index is 1.77. The second-order valence-electron chi connectivity index (χ2n) is 5.98.